The first-order chi connectivity index (χ1) is 12.0. The molecule has 1 aromatic heterocycles. The van der Waals surface area contributed by atoms with Crippen molar-refractivity contribution in [2.75, 3.05) is 5.32 Å². The van der Waals surface area contributed by atoms with E-state index in [9.17, 15) is 13.2 Å². The second-order valence-electron chi connectivity index (χ2n) is 5.94. The van der Waals surface area contributed by atoms with E-state index >= 15 is 0 Å². The number of rotatable bonds is 6. The molecule has 1 aliphatic carbocycles. The minimum atomic E-state index is -3.63. The van der Waals surface area contributed by atoms with E-state index in [0.717, 1.165) is 37.1 Å². The third-order valence-electron chi connectivity index (χ3n) is 4.07. The number of anilines is 1. The largest absolute Gasteiger partial charge is 0.296 e. The molecule has 1 saturated carbocycles. The van der Waals surface area contributed by atoms with Crippen LogP contribution in [0.5, 0.6) is 0 Å². The quantitative estimate of drug-likeness (QED) is 0.802. The van der Waals surface area contributed by atoms with Crippen LogP contribution in [-0.2, 0) is 16.4 Å². The molecule has 0 radical (unpaired) electrons. The summed E-state index contributed by atoms with van der Waals surface area (Å²) >= 11 is 1.30. The van der Waals surface area contributed by atoms with Gasteiger partial charge in [-0.15, -0.1) is 10.2 Å². The molecule has 2 aromatic rings. The molecule has 1 aliphatic rings. The number of amides is 1. The third kappa shape index (κ3) is 4.42. The van der Waals surface area contributed by atoms with E-state index in [2.05, 4.69) is 20.2 Å². The van der Waals surface area contributed by atoms with Crippen LogP contribution < -0.4 is 10.0 Å². The Kier molecular flexibility index (Phi) is 5.45. The summed E-state index contributed by atoms with van der Waals surface area (Å²) in [6.07, 6.45) is 4.54. The van der Waals surface area contributed by atoms with E-state index in [4.69, 9.17) is 0 Å². The van der Waals surface area contributed by atoms with E-state index < -0.39 is 15.9 Å². The lowest BCUT2D eigenvalue weighted by atomic mass is 10.2. The Morgan fingerprint density at radius 1 is 1.28 bits per heavy atom. The van der Waals surface area contributed by atoms with Crippen molar-refractivity contribution in [2.24, 2.45) is 0 Å². The molecule has 3 rings (SSSR count). The molecule has 25 heavy (non-hydrogen) atoms. The SMILES string of the molecule is CCc1nnc(NC(=O)c2cccc(S(=O)(=O)NC3CCCC3)c2)s1. The van der Waals surface area contributed by atoms with Crippen LogP contribution in [0.4, 0.5) is 5.13 Å². The minimum Gasteiger partial charge on any atom is -0.296 e. The van der Waals surface area contributed by atoms with Crippen LogP contribution >= 0.6 is 11.3 Å². The monoisotopic (exact) mass is 380 g/mol. The van der Waals surface area contributed by atoms with Gasteiger partial charge in [0.05, 0.1) is 4.90 Å². The summed E-state index contributed by atoms with van der Waals surface area (Å²) in [5.74, 6) is -0.406. The molecule has 0 saturated heterocycles. The zero-order valence-corrected chi connectivity index (χ0v) is 15.5. The number of nitrogens with one attached hydrogen (secondary N) is 2. The van der Waals surface area contributed by atoms with Crippen molar-refractivity contribution in [2.45, 2.75) is 50.0 Å². The molecular formula is C16H20N4O3S2. The smallest absolute Gasteiger partial charge is 0.257 e. The highest BCUT2D eigenvalue weighted by Crippen LogP contribution is 2.21. The average Bonchev–Trinajstić information content (AvgIpc) is 3.26. The van der Waals surface area contributed by atoms with Gasteiger partial charge in [0, 0.05) is 11.6 Å². The number of aromatic nitrogens is 2. The number of aryl methyl sites for hydroxylation is 1. The summed E-state index contributed by atoms with van der Waals surface area (Å²) < 4.78 is 27.7. The topological polar surface area (TPSA) is 101 Å². The van der Waals surface area contributed by atoms with Gasteiger partial charge in [0.1, 0.15) is 5.01 Å². The second kappa shape index (κ2) is 7.59. The van der Waals surface area contributed by atoms with Crippen LogP contribution in [0.15, 0.2) is 29.2 Å². The van der Waals surface area contributed by atoms with Gasteiger partial charge in [0.15, 0.2) is 0 Å². The van der Waals surface area contributed by atoms with E-state index in [-0.39, 0.29) is 16.5 Å². The highest BCUT2D eigenvalue weighted by molar-refractivity contribution is 7.89. The molecule has 0 atom stereocenters. The number of sulfonamides is 1. The highest BCUT2D eigenvalue weighted by atomic mass is 32.2. The molecule has 7 nitrogen and oxygen atoms in total. The van der Waals surface area contributed by atoms with Crippen molar-refractivity contribution in [1.29, 1.82) is 0 Å². The Morgan fingerprint density at radius 3 is 2.72 bits per heavy atom. The first-order valence-corrected chi connectivity index (χ1v) is 10.5. The molecule has 1 heterocycles. The molecule has 0 unspecified atom stereocenters. The first-order valence-electron chi connectivity index (χ1n) is 8.24. The second-order valence-corrected chi connectivity index (χ2v) is 8.72. The summed E-state index contributed by atoms with van der Waals surface area (Å²) in [5.41, 5.74) is 0.266. The van der Waals surface area contributed by atoms with Gasteiger partial charge in [-0.1, -0.05) is 37.2 Å². The van der Waals surface area contributed by atoms with Crippen LogP contribution in [0, 0.1) is 0 Å². The van der Waals surface area contributed by atoms with E-state index in [1.165, 1.54) is 23.5 Å². The Hall–Kier alpha value is -1.84. The molecule has 2 N–H and O–H groups in total. The van der Waals surface area contributed by atoms with Crippen LogP contribution in [-0.4, -0.2) is 30.6 Å². The molecule has 1 aromatic carbocycles. The lowest BCUT2D eigenvalue weighted by Crippen LogP contribution is -2.32. The van der Waals surface area contributed by atoms with E-state index in [1.807, 2.05) is 6.92 Å². The minimum absolute atomic E-state index is 0.0173. The van der Waals surface area contributed by atoms with Crippen molar-refractivity contribution < 1.29 is 13.2 Å². The third-order valence-corrected chi connectivity index (χ3v) is 6.57. The molecular weight excluding hydrogens is 360 g/mol. The maximum Gasteiger partial charge on any atom is 0.257 e. The van der Waals surface area contributed by atoms with Gasteiger partial charge in [0.2, 0.25) is 15.2 Å². The zero-order valence-electron chi connectivity index (χ0n) is 13.9. The molecule has 9 heteroatoms. The maximum atomic E-state index is 12.5. The average molecular weight is 380 g/mol. The zero-order chi connectivity index (χ0) is 17.9. The fraction of sp³-hybridized carbons (Fsp3) is 0.438. The standard InChI is InChI=1S/C16H20N4O3S2/c1-2-14-18-19-16(24-14)17-15(21)11-6-5-9-13(10-11)25(22,23)20-12-7-3-4-8-12/h5-6,9-10,12,20H,2-4,7-8H2,1H3,(H,17,19,21). The fourth-order valence-corrected chi connectivity index (χ4v) is 4.78. The van der Waals surface area contributed by atoms with E-state index in [0.29, 0.717) is 5.13 Å². The highest BCUT2D eigenvalue weighted by Gasteiger charge is 2.23. The van der Waals surface area contributed by atoms with Crippen LogP contribution in [0.25, 0.3) is 0 Å². The molecule has 134 valence electrons. The van der Waals surface area contributed by atoms with Crippen LogP contribution in [0.1, 0.15) is 48.0 Å². The Bertz CT molecular complexity index is 858. The summed E-state index contributed by atoms with van der Waals surface area (Å²) in [5, 5.41) is 11.7. The Balaban J connectivity index is 1.74. The summed E-state index contributed by atoms with van der Waals surface area (Å²) in [6.45, 7) is 1.96. The Labute approximate surface area is 150 Å². The summed E-state index contributed by atoms with van der Waals surface area (Å²) in [6, 6.07) is 6.00. The maximum absolute atomic E-state index is 12.5. The van der Waals surface area contributed by atoms with Gasteiger partial charge in [0.25, 0.3) is 5.91 Å². The number of nitrogens with zero attached hydrogens (tertiary/aromatic N) is 2. The molecule has 1 amide bonds. The fourth-order valence-electron chi connectivity index (χ4n) is 2.75. The van der Waals surface area contributed by atoms with Crippen molar-refractivity contribution in [3.8, 4) is 0 Å². The lowest BCUT2D eigenvalue weighted by Gasteiger charge is -2.13. The lowest BCUT2D eigenvalue weighted by molar-refractivity contribution is 0.102. The normalized spacial score (nSPS) is 15.4. The van der Waals surface area contributed by atoms with Gasteiger partial charge in [-0.25, -0.2) is 13.1 Å². The van der Waals surface area contributed by atoms with Crippen LogP contribution in [0.3, 0.4) is 0 Å². The molecule has 0 spiro atoms. The molecule has 0 aliphatic heterocycles. The predicted molar refractivity (Wildman–Crippen MR) is 96.3 cm³/mol. The van der Waals surface area contributed by atoms with Crippen molar-refractivity contribution in [3.63, 3.8) is 0 Å². The molecule has 0 bridgehead atoms. The summed E-state index contributed by atoms with van der Waals surface area (Å²) in [7, 11) is -3.63. The van der Waals surface area contributed by atoms with Crippen molar-refractivity contribution in [1.82, 2.24) is 14.9 Å². The number of carbonyl (C=O) groups is 1. The van der Waals surface area contributed by atoms with Gasteiger partial charge >= 0.3 is 0 Å². The first kappa shape index (κ1) is 18.0. The number of hydrogen-bond donors (Lipinski definition) is 2. The van der Waals surface area contributed by atoms with Gasteiger partial charge in [-0.3, -0.25) is 10.1 Å². The number of hydrogen-bond acceptors (Lipinski definition) is 6. The number of carbonyl (C=O) groups excluding carboxylic acids is 1. The van der Waals surface area contributed by atoms with Crippen LogP contribution in [0.2, 0.25) is 0 Å². The molecule has 1 fully saturated rings. The Morgan fingerprint density at radius 2 is 2.04 bits per heavy atom. The predicted octanol–water partition coefficient (Wildman–Crippen LogP) is 2.57. The summed E-state index contributed by atoms with van der Waals surface area (Å²) in [4.78, 5) is 12.4. The number of benzene rings is 1. The van der Waals surface area contributed by atoms with E-state index in [1.54, 1.807) is 12.1 Å². The van der Waals surface area contributed by atoms with Gasteiger partial charge in [-0.2, -0.15) is 0 Å². The van der Waals surface area contributed by atoms with Gasteiger partial charge < -0.3 is 0 Å². The van der Waals surface area contributed by atoms with Gasteiger partial charge in [-0.05, 0) is 37.5 Å². The van der Waals surface area contributed by atoms with Crippen molar-refractivity contribution >= 4 is 32.4 Å². The van der Waals surface area contributed by atoms with Crippen molar-refractivity contribution in [3.05, 3.63) is 34.8 Å².